The van der Waals surface area contributed by atoms with Gasteiger partial charge in [0.2, 0.25) is 5.91 Å². The van der Waals surface area contributed by atoms with Gasteiger partial charge in [0.1, 0.15) is 5.88 Å². The van der Waals surface area contributed by atoms with Gasteiger partial charge in [-0.1, -0.05) is 17.7 Å². The van der Waals surface area contributed by atoms with Crippen LogP contribution in [0.3, 0.4) is 0 Å². The Balaban J connectivity index is 2.59. The maximum Gasteiger partial charge on any atom is 0.471 e. The number of anilines is 1. The zero-order valence-electron chi connectivity index (χ0n) is 11.9. The molecule has 4 nitrogen and oxygen atoms in total. The molecule has 1 aromatic rings. The number of aryl methyl sites for hydroxylation is 1. The number of rotatable bonds is 6. The molecule has 0 aliphatic heterocycles. The highest BCUT2D eigenvalue weighted by Gasteiger charge is 2.38. The summed E-state index contributed by atoms with van der Waals surface area (Å²) in [6.45, 7) is 1.87. The fourth-order valence-corrected chi connectivity index (χ4v) is 1.88. The minimum absolute atomic E-state index is 0.159. The van der Waals surface area contributed by atoms with E-state index in [9.17, 15) is 22.8 Å². The van der Waals surface area contributed by atoms with Crippen LogP contribution in [0, 0.1) is 6.92 Å². The Kier molecular flexibility index (Phi) is 6.67. The van der Waals surface area contributed by atoms with E-state index in [1.165, 1.54) is 4.90 Å². The van der Waals surface area contributed by atoms with Crippen LogP contribution in [0.1, 0.15) is 12.0 Å². The molecule has 0 aliphatic rings. The van der Waals surface area contributed by atoms with Gasteiger partial charge in [0.15, 0.2) is 0 Å². The summed E-state index contributed by atoms with van der Waals surface area (Å²) in [6, 6.07) is 7.09. The number of carbonyl (C=O) groups is 2. The molecule has 0 fully saturated rings. The Hall–Kier alpha value is -1.76. The monoisotopic (exact) mass is 336 g/mol. The van der Waals surface area contributed by atoms with Crippen LogP contribution in [-0.2, 0) is 9.59 Å². The number of alkyl halides is 4. The molecule has 2 amide bonds. The van der Waals surface area contributed by atoms with E-state index in [2.05, 4.69) is 0 Å². The quantitative estimate of drug-likeness (QED) is 0.641. The lowest BCUT2D eigenvalue weighted by atomic mass is 10.2. The lowest BCUT2D eigenvalue weighted by Crippen LogP contribution is -2.39. The van der Waals surface area contributed by atoms with Crippen LogP contribution in [0.4, 0.5) is 18.9 Å². The molecule has 1 rings (SSSR count). The highest BCUT2D eigenvalue weighted by Crippen LogP contribution is 2.17. The summed E-state index contributed by atoms with van der Waals surface area (Å²) < 4.78 is 36.1. The zero-order valence-corrected chi connectivity index (χ0v) is 12.7. The van der Waals surface area contributed by atoms with Gasteiger partial charge < -0.3 is 10.2 Å². The predicted molar refractivity (Wildman–Crippen MR) is 77.9 cm³/mol. The van der Waals surface area contributed by atoms with Gasteiger partial charge in [-0.25, -0.2) is 0 Å². The molecule has 0 aliphatic carbocycles. The van der Waals surface area contributed by atoms with Crippen molar-refractivity contribution in [3.05, 3.63) is 29.8 Å². The van der Waals surface area contributed by atoms with Crippen LogP contribution in [0.2, 0.25) is 0 Å². The van der Waals surface area contributed by atoms with Crippen molar-refractivity contribution in [3.8, 4) is 0 Å². The normalized spacial score (nSPS) is 11.1. The minimum Gasteiger partial charge on any atom is -0.348 e. The molecule has 0 radical (unpaired) electrons. The number of amides is 2. The zero-order chi connectivity index (χ0) is 16.8. The second-order valence-corrected chi connectivity index (χ2v) is 4.89. The summed E-state index contributed by atoms with van der Waals surface area (Å²) in [7, 11) is 0. The van der Waals surface area contributed by atoms with E-state index in [-0.39, 0.29) is 31.3 Å². The Bertz CT molecular complexity index is 518. The van der Waals surface area contributed by atoms with Crippen LogP contribution < -0.4 is 10.2 Å². The fraction of sp³-hybridized carbons (Fsp3) is 0.429. The van der Waals surface area contributed by atoms with E-state index >= 15 is 0 Å². The summed E-state index contributed by atoms with van der Waals surface area (Å²) in [4.78, 5) is 23.9. The molecule has 0 heterocycles. The molecular weight excluding hydrogens is 321 g/mol. The lowest BCUT2D eigenvalue weighted by molar-refractivity contribution is -0.173. The van der Waals surface area contributed by atoms with Crippen molar-refractivity contribution in [1.29, 1.82) is 0 Å². The molecular formula is C14H16ClF3N2O2. The second kappa shape index (κ2) is 8.03. The molecule has 0 unspecified atom stereocenters. The smallest absolute Gasteiger partial charge is 0.348 e. The third kappa shape index (κ3) is 5.55. The molecule has 1 aromatic carbocycles. The number of carbonyl (C=O) groups excluding carboxylic acids is 2. The minimum atomic E-state index is -4.90. The highest BCUT2D eigenvalue weighted by atomic mass is 35.5. The first-order valence-corrected chi connectivity index (χ1v) is 7.07. The van der Waals surface area contributed by atoms with Gasteiger partial charge in [-0.3, -0.25) is 9.59 Å². The number of benzene rings is 1. The standard InChI is InChI=1S/C14H16ClF3N2O2/c1-10-3-5-11(6-4-10)20(12(21)9-15)8-2-7-19-13(22)14(16,17)18/h3-6H,2,7-9H2,1H3,(H,19,22). The van der Waals surface area contributed by atoms with Gasteiger partial charge in [-0.15, -0.1) is 11.6 Å². The van der Waals surface area contributed by atoms with Crippen molar-refractivity contribution in [2.24, 2.45) is 0 Å². The van der Waals surface area contributed by atoms with E-state index in [1.807, 2.05) is 19.1 Å². The van der Waals surface area contributed by atoms with Crippen LogP contribution in [-0.4, -0.2) is 37.0 Å². The van der Waals surface area contributed by atoms with E-state index in [0.29, 0.717) is 5.69 Å². The van der Waals surface area contributed by atoms with Crippen LogP contribution in [0.15, 0.2) is 24.3 Å². The molecule has 0 aromatic heterocycles. The second-order valence-electron chi connectivity index (χ2n) is 4.62. The molecule has 1 N–H and O–H groups in total. The molecule has 0 saturated carbocycles. The molecule has 0 bridgehead atoms. The summed E-state index contributed by atoms with van der Waals surface area (Å²) >= 11 is 5.54. The summed E-state index contributed by atoms with van der Waals surface area (Å²) in [6.07, 6.45) is -4.72. The van der Waals surface area contributed by atoms with Gasteiger partial charge in [-0.05, 0) is 25.5 Å². The molecule has 22 heavy (non-hydrogen) atoms. The predicted octanol–water partition coefficient (Wildman–Crippen LogP) is 2.64. The first kappa shape index (κ1) is 18.3. The Labute approximate surface area is 131 Å². The number of halogens is 4. The average Bonchev–Trinajstić information content (AvgIpc) is 2.46. The third-order valence-electron chi connectivity index (χ3n) is 2.86. The molecule has 0 saturated heterocycles. The Morgan fingerprint density at radius 3 is 2.32 bits per heavy atom. The summed E-state index contributed by atoms with van der Waals surface area (Å²) in [5.74, 6) is -2.58. The number of hydrogen-bond donors (Lipinski definition) is 1. The average molecular weight is 337 g/mol. The maximum absolute atomic E-state index is 12.0. The molecule has 122 valence electrons. The number of nitrogens with one attached hydrogen (secondary N) is 1. The Morgan fingerprint density at radius 1 is 1.23 bits per heavy atom. The van der Waals surface area contributed by atoms with E-state index in [0.717, 1.165) is 5.56 Å². The van der Waals surface area contributed by atoms with Crippen molar-refractivity contribution in [1.82, 2.24) is 5.32 Å². The maximum atomic E-state index is 12.0. The van der Waals surface area contributed by atoms with Crippen molar-refractivity contribution < 1.29 is 22.8 Å². The van der Waals surface area contributed by atoms with Crippen LogP contribution in [0.25, 0.3) is 0 Å². The molecule has 0 spiro atoms. The van der Waals surface area contributed by atoms with Crippen molar-refractivity contribution in [2.75, 3.05) is 23.9 Å². The van der Waals surface area contributed by atoms with Gasteiger partial charge >= 0.3 is 12.1 Å². The number of hydrogen-bond acceptors (Lipinski definition) is 2. The Morgan fingerprint density at radius 2 is 1.82 bits per heavy atom. The van der Waals surface area contributed by atoms with Crippen molar-refractivity contribution in [2.45, 2.75) is 19.5 Å². The first-order chi connectivity index (χ1) is 10.3. The topological polar surface area (TPSA) is 49.4 Å². The van der Waals surface area contributed by atoms with E-state index in [4.69, 9.17) is 11.6 Å². The number of nitrogens with zero attached hydrogens (tertiary/aromatic N) is 1. The van der Waals surface area contributed by atoms with Gasteiger partial charge in [-0.2, -0.15) is 13.2 Å². The molecule has 0 atom stereocenters. The summed E-state index contributed by atoms with van der Waals surface area (Å²) in [5.41, 5.74) is 1.62. The van der Waals surface area contributed by atoms with E-state index in [1.54, 1.807) is 17.4 Å². The summed E-state index contributed by atoms with van der Waals surface area (Å²) in [5, 5.41) is 1.76. The largest absolute Gasteiger partial charge is 0.471 e. The van der Waals surface area contributed by atoms with Gasteiger partial charge in [0.05, 0.1) is 0 Å². The SMILES string of the molecule is Cc1ccc(N(CCCNC(=O)C(F)(F)F)C(=O)CCl)cc1. The van der Waals surface area contributed by atoms with Crippen LogP contribution in [0.5, 0.6) is 0 Å². The van der Waals surface area contributed by atoms with Crippen LogP contribution >= 0.6 is 11.6 Å². The lowest BCUT2D eigenvalue weighted by Gasteiger charge is -2.22. The molecule has 8 heteroatoms. The van der Waals surface area contributed by atoms with Gasteiger partial charge in [0.25, 0.3) is 0 Å². The van der Waals surface area contributed by atoms with E-state index < -0.39 is 12.1 Å². The van der Waals surface area contributed by atoms with Crippen molar-refractivity contribution >= 4 is 29.1 Å². The highest BCUT2D eigenvalue weighted by molar-refractivity contribution is 6.29. The van der Waals surface area contributed by atoms with Gasteiger partial charge in [0, 0.05) is 18.8 Å². The fourth-order valence-electron chi connectivity index (χ4n) is 1.73. The third-order valence-corrected chi connectivity index (χ3v) is 3.09. The van der Waals surface area contributed by atoms with Crippen molar-refractivity contribution in [3.63, 3.8) is 0 Å². The first-order valence-electron chi connectivity index (χ1n) is 6.53.